The van der Waals surface area contributed by atoms with Gasteiger partial charge in [0.1, 0.15) is 12.3 Å². The highest BCUT2D eigenvalue weighted by atomic mass is 16.5. The van der Waals surface area contributed by atoms with Crippen LogP contribution in [0.15, 0.2) is 48.5 Å². The van der Waals surface area contributed by atoms with Crippen LogP contribution in [0.5, 0.6) is 5.75 Å². The van der Waals surface area contributed by atoms with Crippen molar-refractivity contribution in [3.63, 3.8) is 0 Å². The van der Waals surface area contributed by atoms with Crippen molar-refractivity contribution >= 4 is 29.1 Å². The van der Waals surface area contributed by atoms with Crippen molar-refractivity contribution in [2.24, 2.45) is 0 Å². The molecule has 0 fully saturated rings. The van der Waals surface area contributed by atoms with Crippen molar-refractivity contribution in [3.05, 3.63) is 54.1 Å². The molecule has 1 aliphatic heterocycles. The number of rotatable bonds is 7. The summed E-state index contributed by atoms with van der Waals surface area (Å²) in [6, 6.07) is 13.8. The number of unbranched alkanes of at least 4 members (excludes halogenated alkanes) is 1. The molecule has 0 saturated carbocycles. The van der Waals surface area contributed by atoms with E-state index in [9.17, 15) is 14.4 Å². The molecule has 0 bridgehead atoms. The minimum Gasteiger partial charge on any atom is -0.494 e. The lowest BCUT2D eigenvalue weighted by atomic mass is 10.1. The second-order valence-corrected chi connectivity index (χ2v) is 7.77. The van der Waals surface area contributed by atoms with Crippen LogP contribution in [0.25, 0.3) is 0 Å². The van der Waals surface area contributed by atoms with E-state index in [-0.39, 0.29) is 36.7 Å². The summed E-state index contributed by atoms with van der Waals surface area (Å²) in [5, 5.41) is 2.84. The predicted molar refractivity (Wildman–Crippen MR) is 120 cm³/mol. The van der Waals surface area contributed by atoms with Crippen molar-refractivity contribution in [3.8, 4) is 5.75 Å². The molecule has 164 valence electrons. The number of carbonyl (C=O) groups excluding carboxylic acids is 3. The maximum atomic E-state index is 13.2. The Balaban J connectivity index is 1.69. The highest BCUT2D eigenvalue weighted by Gasteiger charge is 2.30. The van der Waals surface area contributed by atoms with E-state index in [4.69, 9.17) is 4.74 Å². The van der Waals surface area contributed by atoms with E-state index in [1.807, 2.05) is 19.1 Å². The van der Waals surface area contributed by atoms with E-state index >= 15 is 0 Å². The molecule has 0 saturated heterocycles. The third kappa shape index (κ3) is 5.42. The number of nitrogens with zero attached hydrogens (tertiary/aromatic N) is 2. The number of hydrogen-bond acceptors (Lipinski definition) is 4. The Labute approximate surface area is 183 Å². The Morgan fingerprint density at radius 3 is 2.58 bits per heavy atom. The van der Waals surface area contributed by atoms with E-state index in [1.54, 1.807) is 48.3 Å². The number of fused-ring (bicyclic) bond motifs is 1. The van der Waals surface area contributed by atoms with Crippen LogP contribution in [0.4, 0.5) is 11.4 Å². The average Bonchev–Trinajstić information content (AvgIpc) is 2.87. The van der Waals surface area contributed by atoms with Crippen molar-refractivity contribution in [1.82, 2.24) is 4.90 Å². The fraction of sp³-hybridized carbons (Fsp3) is 0.375. The molecule has 0 aliphatic carbocycles. The standard InChI is InChI=1S/C24H29N3O4/c1-4-5-14-31-19-12-10-18(11-13-19)24(30)26(3)16-23(29)27-17(2)15-22(28)25-20-8-6-7-9-21(20)27/h6-13,17H,4-5,14-16H2,1-3H3,(H,25,28)/t17-/m1/s1. The average molecular weight is 424 g/mol. The van der Waals surface area contributed by atoms with Gasteiger partial charge < -0.3 is 19.9 Å². The van der Waals surface area contributed by atoms with Gasteiger partial charge in [0.15, 0.2) is 0 Å². The molecule has 7 nitrogen and oxygen atoms in total. The maximum Gasteiger partial charge on any atom is 0.254 e. The first kappa shape index (κ1) is 22.3. The summed E-state index contributed by atoms with van der Waals surface area (Å²) in [5.74, 6) is 0.0852. The molecule has 3 rings (SSSR count). The molecule has 1 aliphatic rings. The summed E-state index contributed by atoms with van der Waals surface area (Å²) in [6.45, 7) is 4.48. The zero-order chi connectivity index (χ0) is 22.4. The Morgan fingerprint density at radius 1 is 1.16 bits per heavy atom. The molecule has 31 heavy (non-hydrogen) atoms. The number of ether oxygens (including phenoxy) is 1. The third-order valence-electron chi connectivity index (χ3n) is 5.21. The topological polar surface area (TPSA) is 79.0 Å². The van der Waals surface area contributed by atoms with E-state index < -0.39 is 0 Å². The van der Waals surface area contributed by atoms with Crippen LogP contribution >= 0.6 is 0 Å². The van der Waals surface area contributed by atoms with Crippen LogP contribution < -0.4 is 15.0 Å². The first-order valence-corrected chi connectivity index (χ1v) is 10.6. The minimum absolute atomic E-state index is 0.0968. The highest BCUT2D eigenvalue weighted by molar-refractivity contribution is 6.06. The van der Waals surface area contributed by atoms with Crippen LogP contribution in [0.3, 0.4) is 0 Å². The van der Waals surface area contributed by atoms with E-state index in [2.05, 4.69) is 12.2 Å². The molecular weight excluding hydrogens is 394 g/mol. The van der Waals surface area contributed by atoms with E-state index in [1.165, 1.54) is 4.90 Å². The molecule has 1 N–H and O–H groups in total. The summed E-state index contributed by atoms with van der Waals surface area (Å²) >= 11 is 0. The predicted octanol–water partition coefficient (Wildman–Crippen LogP) is 3.70. The van der Waals surface area contributed by atoms with Gasteiger partial charge in [-0.2, -0.15) is 0 Å². The molecule has 0 radical (unpaired) electrons. The summed E-state index contributed by atoms with van der Waals surface area (Å²) in [5.41, 5.74) is 1.72. The molecule has 0 aromatic heterocycles. The minimum atomic E-state index is -0.320. The second-order valence-electron chi connectivity index (χ2n) is 7.77. The first-order valence-electron chi connectivity index (χ1n) is 10.6. The van der Waals surface area contributed by atoms with Crippen LogP contribution in [0, 0.1) is 0 Å². The molecule has 7 heteroatoms. The largest absolute Gasteiger partial charge is 0.494 e. The molecular formula is C24H29N3O4. The molecule has 1 atom stereocenters. The monoisotopic (exact) mass is 423 g/mol. The van der Waals surface area contributed by atoms with Gasteiger partial charge in [-0.25, -0.2) is 0 Å². The molecule has 2 aromatic rings. The van der Waals surface area contributed by atoms with Crippen molar-refractivity contribution < 1.29 is 19.1 Å². The van der Waals surface area contributed by atoms with Gasteiger partial charge in [-0.05, 0) is 49.7 Å². The van der Waals surface area contributed by atoms with Gasteiger partial charge in [0.25, 0.3) is 5.91 Å². The molecule has 0 spiro atoms. The molecule has 2 aromatic carbocycles. The maximum absolute atomic E-state index is 13.2. The number of carbonyl (C=O) groups is 3. The summed E-state index contributed by atoms with van der Waals surface area (Å²) in [7, 11) is 1.60. The lowest BCUT2D eigenvalue weighted by Crippen LogP contribution is -2.45. The zero-order valence-electron chi connectivity index (χ0n) is 18.3. The Bertz CT molecular complexity index is 942. The normalized spacial score (nSPS) is 15.5. The first-order chi connectivity index (χ1) is 14.9. The van der Waals surface area contributed by atoms with E-state index in [0.717, 1.165) is 18.6 Å². The summed E-state index contributed by atoms with van der Waals surface area (Å²) < 4.78 is 5.63. The van der Waals surface area contributed by atoms with Gasteiger partial charge in [-0.15, -0.1) is 0 Å². The number of nitrogens with one attached hydrogen (secondary N) is 1. The fourth-order valence-corrected chi connectivity index (χ4v) is 3.57. The number of amides is 3. The second kappa shape index (κ2) is 10.1. The zero-order valence-corrected chi connectivity index (χ0v) is 18.3. The van der Waals surface area contributed by atoms with Gasteiger partial charge in [-0.3, -0.25) is 14.4 Å². The van der Waals surface area contributed by atoms with Gasteiger partial charge in [-0.1, -0.05) is 25.5 Å². The lowest BCUT2D eigenvalue weighted by molar-refractivity contribution is -0.119. The highest BCUT2D eigenvalue weighted by Crippen LogP contribution is 2.31. The Morgan fingerprint density at radius 2 is 1.87 bits per heavy atom. The van der Waals surface area contributed by atoms with Crippen molar-refractivity contribution in [2.45, 2.75) is 39.2 Å². The van der Waals surface area contributed by atoms with Crippen LogP contribution in [0.1, 0.15) is 43.5 Å². The number of benzene rings is 2. The number of hydrogen-bond donors (Lipinski definition) is 1. The lowest BCUT2D eigenvalue weighted by Gasteiger charge is -2.29. The van der Waals surface area contributed by atoms with Gasteiger partial charge in [0.2, 0.25) is 11.8 Å². The smallest absolute Gasteiger partial charge is 0.254 e. The van der Waals surface area contributed by atoms with Gasteiger partial charge >= 0.3 is 0 Å². The number of para-hydroxylation sites is 2. The molecule has 1 heterocycles. The quantitative estimate of drug-likeness (QED) is 0.689. The summed E-state index contributed by atoms with van der Waals surface area (Å²) in [6.07, 6.45) is 2.22. The van der Waals surface area contributed by atoms with Crippen LogP contribution in [0.2, 0.25) is 0 Å². The van der Waals surface area contributed by atoms with Crippen molar-refractivity contribution in [2.75, 3.05) is 30.4 Å². The fourth-order valence-electron chi connectivity index (χ4n) is 3.57. The molecule has 3 amide bonds. The van der Waals surface area contributed by atoms with Gasteiger partial charge in [0.05, 0.1) is 18.0 Å². The Kier molecular flexibility index (Phi) is 7.28. The van der Waals surface area contributed by atoms with Crippen molar-refractivity contribution in [1.29, 1.82) is 0 Å². The summed E-state index contributed by atoms with van der Waals surface area (Å²) in [4.78, 5) is 41.1. The SMILES string of the molecule is CCCCOc1ccc(C(=O)N(C)CC(=O)N2c3ccccc3NC(=O)C[C@H]2C)cc1. The number of likely N-dealkylation sites (N-methyl/N-ethyl adjacent to an activating group) is 1. The van der Waals surface area contributed by atoms with Crippen LogP contribution in [-0.2, 0) is 9.59 Å². The van der Waals surface area contributed by atoms with Crippen LogP contribution in [-0.4, -0.2) is 48.9 Å². The van der Waals surface area contributed by atoms with Gasteiger partial charge in [0, 0.05) is 25.1 Å². The third-order valence-corrected chi connectivity index (χ3v) is 5.21. The Hall–Kier alpha value is -3.35. The molecule has 0 unspecified atom stereocenters. The number of anilines is 2. The van der Waals surface area contributed by atoms with E-state index in [0.29, 0.717) is 23.5 Å².